The van der Waals surface area contributed by atoms with Gasteiger partial charge in [-0.2, -0.15) is 0 Å². The zero-order valence-corrected chi connectivity index (χ0v) is 10.9. The summed E-state index contributed by atoms with van der Waals surface area (Å²) in [6, 6.07) is 1.93. The topological polar surface area (TPSA) is 58.1 Å². The van der Waals surface area contributed by atoms with E-state index >= 15 is 0 Å². The average molecular weight is 248 g/mol. The van der Waals surface area contributed by atoms with Crippen LogP contribution in [-0.4, -0.2) is 29.0 Å². The van der Waals surface area contributed by atoms with E-state index in [1.165, 1.54) is 12.8 Å². The van der Waals surface area contributed by atoms with Gasteiger partial charge in [0, 0.05) is 25.7 Å². The number of carbonyl (C=O) groups excluding carboxylic acids is 1. The van der Waals surface area contributed by atoms with E-state index in [1.54, 1.807) is 6.20 Å². The Labute approximate surface area is 108 Å². The summed E-state index contributed by atoms with van der Waals surface area (Å²) < 4.78 is 0. The Hall–Kier alpha value is -1.65. The summed E-state index contributed by atoms with van der Waals surface area (Å²) in [7, 11) is 0. The molecule has 1 aliphatic rings. The van der Waals surface area contributed by atoms with Crippen LogP contribution in [-0.2, 0) is 11.3 Å². The number of carbonyl (C=O) groups is 1. The molecule has 5 heteroatoms. The number of nitrogens with zero attached hydrogens (tertiary/aromatic N) is 3. The second kappa shape index (κ2) is 6.33. The molecule has 2 rings (SSSR count). The van der Waals surface area contributed by atoms with Gasteiger partial charge in [-0.1, -0.05) is 6.92 Å². The van der Waals surface area contributed by atoms with Crippen molar-refractivity contribution >= 4 is 11.7 Å². The predicted molar refractivity (Wildman–Crippen MR) is 70.2 cm³/mol. The van der Waals surface area contributed by atoms with Crippen molar-refractivity contribution in [3.8, 4) is 0 Å². The van der Waals surface area contributed by atoms with Crippen molar-refractivity contribution < 1.29 is 4.79 Å². The third-order valence-corrected chi connectivity index (χ3v) is 3.04. The molecular weight excluding hydrogens is 228 g/mol. The summed E-state index contributed by atoms with van der Waals surface area (Å²) >= 11 is 0. The Morgan fingerprint density at radius 3 is 2.94 bits per heavy atom. The van der Waals surface area contributed by atoms with E-state index in [2.05, 4.69) is 20.2 Å². The van der Waals surface area contributed by atoms with Gasteiger partial charge in [0.15, 0.2) is 0 Å². The third kappa shape index (κ3) is 3.42. The van der Waals surface area contributed by atoms with Crippen molar-refractivity contribution in [2.75, 3.05) is 18.0 Å². The smallest absolute Gasteiger partial charge is 0.220 e. The van der Waals surface area contributed by atoms with Gasteiger partial charge in [0.2, 0.25) is 5.91 Å². The lowest BCUT2D eigenvalue weighted by atomic mass is 10.3. The molecule has 0 unspecified atom stereocenters. The van der Waals surface area contributed by atoms with E-state index in [4.69, 9.17) is 0 Å². The molecule has 1 saturated heterocycles. The number of anilines is 1. The number of hydrogen-bond donors (Lipinski definition) is 1. The molecule has 1 N–H and O–H groups in total. The zero-order valence-electron chi connectivity index (χ0n) is 10.9. The Bertz CT molecular complexity index is 402. The van der Waals surface area contributed by atoms with Crippen LogP contribution in [0.15, 0.2) is 12.3 Å². The maximum absolute atomic E-state index is 11.4. The molecule has 1 aromatic rings. The minimum Gasteiger partial charge on any atom is -0.357 e. The number of aromatic nitrogens is 2. The van der Waals surface area contributed by atoms with Crippen LogP contribution in [0.3, 0.4) is 0 Å². The van der Waals surface area contributed by atoms with E-state index in [9.17, 15) is 4.79 Å². The summed E-state index contributed by atoms with van der Waals surface area (Å²) in [6.45, 7) is 4.54. The van der Waals surface area contributed by atoms with E-state index < -0.39 is 0 Å². The van der Waals surface area contributed by atoms with Gasteiger partial charge in [-0.25, -0.2) is 9.97 Å². The first-order valence-electron chi connectivity index (χ1n) is 6.63. The molecule has 1 aromatic heterocycles. The normalized spacial score (nSPS) is 14.8. The highest BCUT2D eigenvalue weighted by atomic mass is 16.1. The van der Waals surface area contributed by atoms with Gasteiger partial charge in [0.05, 0.1) is 6.54 Å². The number of nitrogens with one attached hydrogen (secondary N) is 1. The summed E-state index contributed by atoms with van der Waals surface area (Å²) in [6.07, 6.45) is 5.65. The molecule has 0 saturated carbocycles. The molecule has 2 heterocycles. The fraction of sp³-hybridized carbons (Fsp3) is 0.615. The lowest BCUT2D eigenvalue weighted by Gasteiger charge is -2.16. The molecule has 1 amide bonds. The Morgan fingerprint density at radius 1 is 1.44 bits per heavy atom. The van der Waals surface area contributed by atoms with Crippen molar-refractivity contribution in [1.82, 2.24) is 15.3 Å². The zero-order chi connectivity index (χ0) is 12.8. The van der Waals surface area contributed by atoms with Crippen molar-refractivity contribution in [1.29, 1.82) is 0 Å². The van der Waals surface area contributed by atoms with Gasteiger partial charge < -0.3 is 10.2 Å². The van der Waals surface area contributed by atoms with Crippen molar-refractivity contribution in [3.63, 3.8) is 0 Å². The van der Waals surface area contributed by atoms with Gasteiger partial charge in [-0.05, 0) is 25.3 Å². The first-order valence-corrected chi connectivity index (χ1v) is 6.63. The third-order valence-electron chi connectivity index (χ3n) is 3.04. The Morgan fingerprint density at radius 2 is 2.22 bits per heavy atom. The van der Waals surface area contributed by atoms with Crippen LogP contribution in [0.1, 0.15) is 38.4 Å². The maximum atomic E-state index is 11.4. The average Bonchev–Trinajstić information content (AvgIpc) is 2.91. The summed E-state index contributed by atoms with van der Waals surface area (Å²) in [5.74, 6) is 1.72. The monoisotopic (exact) mass is 248 g/mol. The molecule has 0 atom stereocenters. The standard InChI is InChI=1S/C13H20N4O/c1-2-5-13(18)15-10-11-14-7-6-12(16-11)17-8-3-4-9-17/h6-7H,2-5,8-10H2,1H3,(H,15,18). The fourth-order valence-corrected chi connectivity index (χ4v) is 2.09. The largest absolute Gasteiger partial charge is 0.357 e. The van der Waals surface area contributed by atoms with Gasteiger partial charge in [0.1, 0.15) is 11.6 Å². The van der Waals surface area contributed by atoms with Crippen molar-refractivity contribution in [2.45, 2.75) is 39.2 Å². The van der Waals surface area contributed by atoms with Crippen LogP contribution in [0.25, 0.3) is 0 Å². The van der Waals surface area contributed by atoms with Gasteiger partial charge in [0.25, 0.3) is 0 Å². The van der Waals surface area contributed by atoms with Crippen LogP contribution >= 0.6 is 0 Å². The highest BCUT2D eigenvalue weighted by molar-refractivity contribution is 5.75. The molecule has 5 nitrogen and oxygen atoms in total. The number of rotatable bonds is 5. The van der Waals surface area contributed by atoms with E-state index in [-0.39, 0.29) is 5.91 Å². The maximum Gasteiger partial charge on any atom is 0.220 e. The summed E-state index contributed by atoms with van der Waals surface area (Å²) in [5.41, 5.74) is 0. The molecule has 0 bridgehead atoms. The van der Waals surface area contributed by atoms with Gasteiger partial charge in [-0.15, -0.1) is 0 Å². The van der Waals surface area contributed by atoms with Crippen molar-refractivity contribution in [2.24, 2.45) is 0 Å². The SMILES string of the molecule is CCCC(=O)NCc1nccc(N2CCCC2)n1. The summed E-state index contributed by atoms with van der Waals surface area (Å²) in [5, 5.41) is 2.84. The number of hydrogen-bond acceptors (Lipinski definition) is 4. The van der Waals surface area contributed by atoms with Crippen LogP contribution in [0.2, 0.25) is 0 Å². The molecule has 18 heavy (non-hydrogen) atoms. The van der Waals surface area contributed by atoms with E-state index in [1.807, 2.05) is 13.0 Å². The van der Waals surface area contributed by atoms with Crippen molar-refractivity contribution in [3.05, 3.63) is 18.1 Å². The highest BCUT2D eigenvalue weighted by Crippen LogP contribution is 2.16. The van der Waals surface area contributed by atoms with Crippen LogP contribution in [0.4, 0.5) is 5.82 Å². The highest BCUT2D eigenvalue weighted by Gasteiger charge is 2.14. The van der Waals surface area contributed by atoms with Crippen LogP contribution < -0.4 is 10.2 Å². The predicted octanol–water partition coefficient (Wildman–Crippen LogP) is 1.49. The molecule has 98 valence electrons. The summed E-state index contributed by atoms with van der Waals surface area (Å²) in [4.78, 5) is 22.3. The molecule has 0 aromatic carbocycles. The molecule has 0 radical (unpaired) electrons. The van der Waals surface area contributed by atoms with Gasteiger partial charge >= 0.3 is 0 Å². The van der Waals surface area contributed by atoms with Crippen LogP contribution in [0.5, 0.6) is 0 Å². The minimum atomic E-state index is 0.0627. The first kappa shape index (κ1) is 12.8. The Balaban J connectivity index is 1.92. The minimum absolute atomic E-state index is 0.0627. The second-order valence-corrected chi connectivity index (χ2v) is 4.55. The molecular formula is C13H20N4O. The molecule has 1 fully saturated rings. The molecule has 0 spiro atoms. The quantitative estimate of drug-likeness (QED) is 0.857. The molecule has 0 aliphatic carbocycles. The van der Waals surface area contributed by atoms with Crippen LogP contribution in [0, 0.1) is 0 Å². The Kier molecular flexibility index (Phi) is 4.50. The molecule has 1 aliphatic heterocycles. The lowest BCUT2D eigenvalue weighted by molar-refractivity contribution is -0.121. The lowest BCUT2D eigenvalue weighted by Crippen LogP contribution is -2.24. The second-order valence-electron chi connectivity index (χ2n) is 4.55. The van der Waals surface area contributed by atoms with E-state index in [0.717, 1.165) is 25.3 Å². The fourth-order valence-electron chi connectivity index (χ4n) is 2.09. The van der Waals surface area contributed by atoms with Gasteiger partial charge in [-0.3, -0.25) is 4.79 Å². The number of amides is 1. The van der Waals surface area contributed by atoms with E-state index in [0.29, 0.717) is 18.8 Å². The first-order chi connectivity index (χ1) is 8.79.